The van der Waals surface area contributed by atoms with Crippen LogP contribution in [0.15, 0.2) is 18.2 Å². The second-order valence-corrected chi connectivity index (χ2v) is 4.55. The number of aryl methyl sites for hydroxylation is 2. The molecule has 0 bridgehead atoms. The van der Waals surface area contributed by atoms with Crippen molar-refractivity contribution < 1.29 is 9.53 Å². The number of halogens is 1. The van der Waals surface area contributed by atoms with Gasteiger partial charge in [-0.25, -0.2) is 0 Å². The Morgan fingerprint density at radius 3 is 2.60 bits per heavy atom. The number of carbonyl (C=O) groups is 1. The molecule has 1 amide bonds. The highest BCUT2D eigenvalue weighted by Crippen LogP contribution is 2.16. The first-order chi connectivity index (χ1) is 9.13. The molecule has 0 radical (unpaired) electrons. The Kier molecular flexibility index (Phi) is 9.86. The molecule has 0 spiro atoms. The number of rotatable bonds is 8. The molecule has 1 rings (SSSR count). The molecule has 0 unspecified atom stereocenters. The fourth-order valence-corrected chi connectivity index (χ4v) is 1.62. The summed E-state index contributed by atoms with van der Waals surface area (Å²) in [6.07, 6.45) is 0.388. The minimum absolute atomic E-state index is 0. The summed E-state index contributed by atoms with van der Waals surface area (Å²) in [4.78, 5) is 11.5. The van der Waals surface area contributed by atoms with Crippen molar-refractivity contribution in [1.29, 1.82) is 0 Å². The fraction of sp³-hybridized carbons (Fsp3) is 0.533. The van der Waals surface area contributed by atoms with E-state index in [2.05, 4.69) is 24.5 Å². The summed E-state index contributed by atoms with van der Waals surface area (Å²) in [6, 6.07) is 5.96. The molecule has 114 valence electrons. The van der Waals surface area contributed by atoms with Crippen LogP contribution in [0, 0.1) is 13.8 Å². The predicted octanol–water partition coefficient (Wildman–Crippen LogP) is 2.22. The maximum atomic E-state index is 11.5. The van der Waals surface area contributed by atoms with Gasteiger partial charge in [0, 0.05) is 13.1 Å². The van der Waals surface area contributed by atoms with Crippen molar-refractivity contribution in [3.63, 3.8) is 0 Å². The summed E-state index contributed by atoms with van der Waals surface area (Å²) >= 11 is 0. The quantitative estimate of drug-likeness (QED) is 0.724. The molecule has 0 heterocycles. The Morgan fingerprint density at radius 1 is 1.20 bits per heavy atom. The van der Waals surface area contributed by atoms with Gasteiger partial charge in [-0.05, 0) is 43.7 Å². The summed E-state index contributed by atoms with van der Waals surface area (Å²) in [7, 11) is 0. The van der Waals surface area contributed by atoms with Gasteiger partial charge in [0.05, 0.1) is 13.0 Å². The predicted molar refractivity (Wildman–Crippen MR) is 84.8 cm³/mol. The molecule has 0 aliphatic carbocycles. The molecule has 4 nitrogen and oxygen atoms in total. The molecule has 0 aliphatic rings. The van der Waals surface area contributed by atoms with Crippen molar-refractivity contribution in [2.45, 2.75) is 27.2 Å². The van der Waals surface area contributed by atoms with Gasteiger partial charge in [0.15, 0.2) is 0 Å². The van der Waals surface area contributed by atoms with Crippen molar-refractivity contribution in [1.82, 2.24) is 10.6 Å². The van der Waals surface area contributed by atoms with Gasteiger partial charge < -0.3 is 15.4 Å². The number of carbonyl (C=O) groups excluding carboxylic acids is 1. The average molecular weight is 301 g/mol. The minimum Gasteiger partial charge on any atom is -0.493 e. The van der Waals surface area contributed by atoms with Gasteiger partial charge in [-0.3, -0.25) is 4.79 Å². The third kappa shape index (κ3) is 7.36. The minimum atomic E-state index is 0. The van der Waals surface area contributed by atoms with Crippen molar-refractivity contribution >= 4 is 18.3 Å². The van der Waals surface area contributed by atoms with Crippen LogP contribution in [0.25, 0.3) is 0 Å². The summed E-state index contributed by atoms with van der Waals surface area (Å²) in [5, 5.41) is 5.99. The van der Waals surface area contributed by atoms with Gasteiger partial charge in [-0.2, -0.15) is 0 Å². The third-order valence-electron chi connectivity index (χ3n) is 2.95. The molecule has 0 atom stereocenters. The number of amides is 1. The Hall–Kier alpha value is -1.26. The van der Waals surface area contributed by atoms with E-state index < -0.39 is 0 Å². The van der Waals surface area contributed by atoms with Crippen LogP contribution in [0.4, 0.5) is 0 Å². The first-order valence-electron chi connectivity index (χ1n) is 6.81. The first kappa shape index (κ1) is 18.7. The molecule has 0 aliphatic heterocycles. The van der Waals surface area contributed by atoms with E-state index in [1.165, 1.54) is 11.1 Å². The smallest absolute Gasteiger partial charge is 0.223 e. The lowest BCUT2D eigenvalue weighted by Gasteiger charge is -2.09. The SMILES string of the molecule is CCNCCNC(=O)CCOc1ccc(C)c(C)c1.Cl. The first-order valence-corrected chi connectivity index (χ1v) is 6.81. The van der Waals surface area contributed by atoms with Gasteiger partial charge >= 0.3 is 0 Å². The highest BCUT2D eigenvalue weighted by Gasteiger charge is 2.02. The van der Waals surface area contributed by atoms with E-state index in [-0.39, 0.29) is 18.3 Å². The van der Waals surface area contributed by atoms with Crippen LogP contribution in [0.1, 0.15) is 24.5 Å². The molecule has 0 saturated heterocycles. The van der Waals surface area contributed by atoms with E-state index in [1.54, 1.807) is 0 Å². The number of ether oxygens (including phenoxy) is 1. The van der Waals surface area contributed by atoms with Gasteiger partial charge in [0.1, 0.15) is 5.75 Å². The van der Waals surface area contributed by atoms with E-state index in [9.17, 15) is 4.79 Å². The van der Waals surface area contributed by atoms with Crippen LogP contribution in [-0.2, 0) is 4.79 Å². The monoisotopic (exact) mass is 300 g/mol. The van der Waals surface area contributed by atoms with E-state index in [0.717, 1.165) is 18.8 Å². The van der Waals surface area contributed by atoms with Gasteiger partial charge in [-0.15, -0.1) is 12.4 Å². The van der Waals surface area contributed by atoms with E-state index in [4.69, 9.17) is 4.74 Å². The second kappa shape index (κ2) is 10.5. The van der Waals surface area contributed by atoms with Crippen molar-refractivity contribution in [3.05, 3.63) is 29.3 Å². The molecule has 1 aromatic rings. The summed E-state index contributed by atoms with van der Waals surface area (Å²) < 4.78 is 5.56. The summed E-state index contributed by atoms with van der Waals surface area (Å²) in [5.74, 6) is 0.852. The Labute approximate surface area is 127 Å². The third-order valence-corrected chi connectivity index (χ3v) is 2.95. The number of hydrogen-bond acceptors (Lipinski definition) is 3. The number of benzene rings is 1. The number of hydrogen-bond donors (Lipinski definition) is 2. The highest BCUT2D eigenvalue weighted by atomic mass is 35.5. The molecule has 2 N–H and O–H groups in total. The van der Waals surface area contributed by atoms with Crippen LogP contribution < -0.4 is 15.4 Å². The van der Waals surface area contributed by atoms with E-state index >= 15 is 0 Å². The summed E-state index contributed by atoms with van der Waals surface area (Å²) in [5.41, 5.74) is 2.45. The Bertz CT molecular complexity index is 411. The Morgan fingerprint density at radius 2 is 1.95 bits per heavy atom. The molecule has 20 heavy (non-hydrogen) atoms. The lowest BCUT2D eigenvalue weighted by Crippen LogP contribution is -2.32. The highest BCUT2D eigenvalue weighted by molar-refractivity contribution is 5.85. The molecule has 0 saturated carbocycles. The fourth-order valence-electron chi connectivity index (χ4n) is 1.62. The van der Waals surface area contributed by atoms with Gasteiger partial charge in [0.2, 0.25) is 5.91 Å². The zero-order chi connectivity index (χ0) is 14.1. The molecule has 1 aromatic carbocycles. The molecule has 0 fully saturated rings. The van der Waals surface area contributed by atoms with Crippen LogP contribution in [0.3, 0.4) is 0 Å². The normalized spacial score (nSPS) is 9.75. The molecule has 0 aromatic heterocycles. The maximum Gasteiger partial charge on any atom is 0.223 e. The van der Waals surface area contributed by atoms with Crippen LogP contribution in [0.2, 0.25) is 0 Å². The van der Waals surface area contributed by atoms with E-state index in [1.807, 2.05) is 25.1 Å². The van der Waals surface area contributed by atoms with Crippen LogP contribution >= 0.6 is 12.4 Å². The Balaban J connectivity index is 0.00000361. The largest absolute Gasteiger partial charge is 0.493 e. The zero-order valence-electron chi connectivity index (χ0n) is 12.5. The van der Waals surface area contributed by atoms with Crippen LogP contribution in [-0.4, -0.2) is 32.1 Å². The molecule has 5 heteroatoms. The molecular weight excluding hydrogens is 276 g/mol. The van der Waals surface area contributed by atoms with Crippen molar-refractivity contribution in [2.24, 2.45) is 0 Å². The van der Waals surface area contributed by atoms with Crippen molar-refractivity contribution in [3.8, 4) is 5.75 Å². The lowest BCUT2D eigenvalue weighted by molar-refractivity contribution is -0.121. The molecular formula is C15H25ClN2O2. The number of nitrogens with one attached hydrogen (secondary N) is 2. The average Bonchev–Trinajstić information content (AvgIpc) is 2.39. The zero-order valence-corrected chi connectivity index (χ0v) is 13.3. The van der Waals surface area contributed by atoms with Crippen molar-refractivity contribution in [2.75, 3.05) is 26.2 Å². The number of likely N-dealkylation sites (N-methyl/N-ethyl adjacent to an activating group) is 1. The van der Waals surface area contributed by atoms with Gasteiger partial charge in [-0.1, -0.05) is 13.0 Å². The van der Waals surface area contributed by atoms with Crippen LogP contribution in [0.5, 0.6) is 5.75 Å². The second-order valence-electron chi connectivity index (χ2n) is 4.55. The van der Waals surface area contributed by atoms with E-state index in [0.29, 0.717) is 19.6 Å². The lowest BCUT2D eigenvalue weighted by atomic mass is 10.1. The standard InChI is InChI=1S/C15H24N2O2.ClH/c1-4-16-8-9-17-15(18)7-10-19-14-6-5-12(2)13(3)11-14;/h5-6,11,16H,4,7-10H2,1-3H3,(H,17,18);1H. The topological polar surface area (TPSA) is 50.4 Å². The van der Waals surface area contributed by atoms with Gasteiger partial charge in [0.25, 0.3) is 0 Å². The maximum absolute atomic E-state index is 11.5. The summed E-state index contributed by atoms with van der Waals surface area (Å²) in [6.45, 7) is 8.96.